The second-order valence-corrected chi connectivity index (χ2v) is 23.4. The van der Waals surface area contributed by atoms with Gasteiger partial charge in [0.05, 0.1) is 12.2 Å². The summed E-state index contributed by atoms with van der Waals surface area (Å²) >= 11 is 0. The van der Waals surface area contributed by atoms with Crippen LogP contribution in [0.5, 0.6) is 0 Å². The summed E-state index contributed by atoms with van der Waals surface area (Å²) in [5.41, 5.74) is 10.3. The summed E-state index contributed by atoms with van der Waals surface area (Å²) in [6, 6.07) is 7.02. The Morgan fingerprint density at radius 3 is 2.12 bits per heavy atom. The van der Waals surface area contributed by atoms with E-state index in [4.69, 9.17) is 5.73 Å². The molecule has 12 atom stereocenters. The van der Waals surface area contributed by atoms with Crippen LogP contribution in [-0.4, -0.2) is 39.4 Å². The summed E-state index contributed by atoms with van der Waals surface area (Å²) in [4.78, 5) is 25.0. The number of allylic oxidation sites excluding steroid dienone is 2. The van der Waals surface area contributed by atoms with Crippen LogP contribution in [0.3, 0.4) is 0 Å². The Kier molecular flexibility index (Phi) is 10.1. The lowest BCUT2D eigenvalue weighted by molar-refractivity contribution is -0.218. The summed E-state index contributed by atoms with van der Waals surface area (Å²) in [5, 5.41) is 33.1. The number of benzene rings is 1. The maximum Gasteiger partial charge on any atom is 0.312 e. The number of hydrogen-bond donors (Lipinski definition) is 4. The van der Waals surface area contributed by atoms with Crippen molar-refractivity contribution in [2.24, 2.45) is 67.3 Å². The normalized spacial score (nSPS) is 45.9. The predicted molar refractivity (Wildman–Crippen MR) is 225 cm³/mol. The number of primary amides is 1. The number of aryl methyl sites for hydroxylation is 1. The average Bonchev–Trinajstić information content (AvgIpc) is 3.10. The quantitative estimate of drug-likeness (QED) is 0.228. The van der Waals surface area contributed by atoms with Crippen molar-refractivity contribution in [1.82, 2.24) is 0 Å². The number of amides is 1. The zero-order valence-corrected chi connectivity index (χ0v) is 37.0. The molecule has 1 aromatic rings. The van der Waals surface area contributed by atoms with Crippen molar-refractivity contribution in [3.63, 3.8) is 0 Å². The molecule has 12 unspecified atom stereocenters. The lowest BCUT2D eigenvalue weighted by atomic mass is 9.33. The zero-order chi connectivity index (χ0) is 41.2. The highest BCUT2D eigenvalue weighted by Crippen LogP contribution is 2.75. The fourth-order valence-corrected chi connectivity index (χ4v) is 15.9. The van der Waals surface area contributed by atoms with Crippen LogP contribution in [0.4, 0.5) is 0 Å². The smallest absolute Gasteiger partial charge is 0.312 e. The summed E-state index contributed by atoms with van der Waals surface area (Å²) in [6.45, 7) is 25.4. The van der Waals surface area contributed by atoms with Crippen LogP contribution in [0.15, 0.2) is 29.8 Å². The first-order chi connectivity index (χ1) is 25.8. The Morgan fingerprint density at radius 2 is 1.48 bits per heavy atom. The minimum Gasteiger partial charge on any atom is -0.481 e. The van der Waals surface area contributed by atoms with E-state index in [0.717, 1.165) is 70.6 Å². The molecule has 1 amide bonds. The minimum absolute atomic E-state index is 0.0218. The maximum absolute atomic E-state index is 12.8. The van der Waals surface area contributed by atoms with E-state index >= 15 is 0 Å². The van der Waals surface area contributed by atoms with Crippen LogP contribution < -0.4 is 5.73 Å². The van der Waals surface area contributed by atoms with E-state index in [1.165, 1.54) is 28.7 Å². The number of rotatable bonds is 3. The zero-order valence-electron chi connectivity index (χ0n) is 37.0. The van der Waals surface area contributed by atoms with Crippen LogP contribution in [0.2, 0.25) is 0 Å². The Labute approximate surface area is 339 Å². The van der Waals surface area contributed by atoms with Crippen LogP contribution in [0, 0.1) is 61.6 Å². The monoisotopic (exact) mass is 772 g/mol. The molecule has 5 fully saturated rings. The lowest BCUT2D eigenvalue weighted by Crippen LogP contribution is -2.67. The SMILES string of the molecule is CC(C)c1ccc2c(c1)CCC1C(C)(C(N)=O)CCCC21C.CC1(C)CCC2(C(=O)O)C(O)CC3(C)C(=CCC4C5(C)CCC(O)C(C)(C)C5CCC43C)C2C1. The number of carboxylic acid groups (broad SMARTS) is 1. The lowest BCUT2D eigenvalue weighted by Gasteiger charge is -2.71. The molecule has 0 aromatic heterocycles. The van der Waals surface area contributed by atoms with Gasteiger partial charge in [-0.15, -0.1) is 0 Å². The number of aliphatic hydroxyl groups excluding tert-OH is 2. The minimum atomic E-state index is -1.04. The standard InChI is InChI=1S/C30H48O4.C20H29NO/c1-25(2)14-15-30(24(33)34)19(16-25)18-8-9-21-27(5)12-11-22(31)26(3,4)20(27)10-13-28(21,6)29(18,7)17-23(30)32;1-13(2)14-6-8-16-15(12-14)7-9-17-19(16,3)10-5-11-20(17,4)18(21)22/h8,19-23,31-32H,9-17H2,1-7H3,(H,33,34);6,8,12-13,17H,5,7,9-11H2,1-4H3,(H2,21,22). The van der Waals surface area contributed by atoms with Gasteiger partial charge in [-0.3, -0.25) is 9.59 Å². The molecule has 0 saturated heterocycles. The molecule has 7 aliphatic rings. The molecule has 0 aliphatic heterocycles. The molecule has 0 radical (unpaired) electrons. The van der Waals surface area contributed by atoms with E-state index in [0.29, 0.717) is 36.5 Å². The molecule has 7 aliphatic carbocycles. The molecule has 5 saturated carbocycles. The molecule has 6 nitrogen and oxygen atoms in total. The first kappa shape index (κ1) is 42.0. The van der Waals surface area contributed by atoms with Gasteiger partial charge in [0.15, 0.2) is 0 Å². The second kappa shape index (κ2) is 13.4. The second-order valence-electron chi connectivity index (χ2n) is 23.4. The third-order valence-corrected chi connectivity index (χ3v) is 19.7. The van der Waals surface area contributed by atoms with Gasteiger partial charge in [-0.25, -0.2) is 0 Å². The van der Waals surface area contributed by atoms with Gasteiger partial charge in [0.1, 0.15) is 5.41 Å². The summed E-state index contributed by atoms with van der Waals surface area (Å²) in [5.74, 6) is 0.929. The van der Waals surface area contributed by atoms with Crippen molar-refractivity contribution in [2.45, 2.75) is 190 Å². The van der Waals surface area contributed by atoms with Gasteiger partial charge in [0, 0.05) is 5.41 Å². The number of hydrogen-bond acceptors (Lipinski definition) is 4. The van der Waals surface area contributed by atoms with Gasteiger partial charge >= 0.3 is 5.97 Å². The molecule has 6 heteroatoms. The van der Waals surface area contributed by atoms with E-state index in [2.05, 4.69) is 100 Å². The molecular weight excluding hydrogens is 695 g/mol. The van der Waals surface area contributed by atoms with Crippen molar-refractivity contribution in [1.29, 1.82) is 0 Å². The van der Waals surface area contributed by atoms with E-state index in [9.17, 15) is 24.9 Å². The fraction of sp³-hybridized carbons (Fsp3) is 0.800. The Bertz CT molecular complexity index is 1780. The number of carboxylic acids is 1. The Hall–Kier alpha value is -2.18. The van der Waals surface area contributed by atoms with E-state index < -0.39 is 17.5 Å². The molecule has 0 spiro atoms. The molecule has 56 heavy (non-hydrogen) atoms. The van der Waals surface area contributed by atoms with E-state index in [1.807, 2.05) is 0 Å². The van der Waals surface area contributed by atoms with Gasteiger partial charge in [0.25, 0.3) is 0 Å². The van der Waals surface area contributed by atoms with Gasteiger partial charge in [-0.1, -0.05) is 112 Å². The Morgan fingerprint density at radius 1 is 0.786 bits per heavy atom. The number of aliphatic carboxylic acids is 1. The first-order valence-electron chi connectivity index (χ1n) is 22.6. The van der Waals surface area contributed by atoms with Gasteiger partial charge in [-0.05, 0) is 162 Å². The number of carbonyl (C=O) groups is 2. The summed E-state index contributed by atoms with van der Waals surface area (Å²) in [6.07, 6.45) is 14.7. The topological polar surface area (TPSA) is 121 Å². The van der Waals surface area contributed by atoms with E-state index in [-0.39, 0.29) is 55.8 Å². The van der Waals surface area contributed by atoms with Crippen LogP contribution in [0.25, 0.3) is 0 Å². The van der Waals surface area contributed by atoms with Crippen LogP contribution in [-0.2, 0) is 21.4 Å². The van der Waals surface area contributed by atoms with E-state index in [1.54, 1.807) is 0 Å². The average molecular weight is 772 g/mol. The molecule has 0 bridgehead atoms. The molecular formula is C50H77NO5. The van der Waals surface area contributed by atoms with Crippen molar-refractivity contribution in [3.05, 3.63) is 46.5 Å². The van der Waals surface area contributed by atoms with Crippen molar-refractivity contribution < 1.29 is 24.9 Å². The Balaban J connectivity index is 0.000000189. The van der Waals surface area contributed by atoms with Crippen molar-refractivity contribution in [3.8, 4) is 0 Å². The number of aliphatic hydroxyl groups is 2. The molecule has 0 heterocycles. The van der Waals surface area contributed by atoms with Crippen molar-refractivity contribution in [2.75, 3.05) is 0 Å². The molecule has 5 N–H and O–H groups in total. The van der Waals surface area contributed by atoms with Crippen LogP contribution in [0.1, 0.15) is 182 Å². The number of fused-ring (bicyclic) bond motifs is 10. The third kappa shape index (κ3) is 5.73. The molecule has 8 rings (SSSR count). The van der Waals surface area contributed by atoms with Gasteiger partial charge < -0.3 is 21.1 Å². The van der Waals surface area contributed by atoms with Crippen molar-refractivity contribution >= 4 is 11.9 Å². The molecule has 312 valence electrons. The van der Waals surface area contributed by atoms with Gasteiger partial charge in [-0.2, -0.15) is 0 Å². The van der Waals surface area contributed by atoms with Gasteiger partial charge in [0.2, 0.25) is 5.91 Å². The molecule has 1 aromatic carbocycles. The third-order valence-electron chi connectivity index (χ3n) is 19.7. The largest absolute Gasteiger partial charge is 0.481 e. The highest BCUT2D eigenvalue weighted by atomic mass is 16.4. The maximum atomic E-state index is 12.8. The number of nitrogens with two attached hydrogens (primary N) is 1. The first-order valence-corrected chi connectivity index (χ1v) is 22.6. The fourth-order valence-electron chi connectivity index (χ4n) is 15.9. The summed E-state index contributed by atoms with van der Waals surface area (Å²) in [7, 11) is 0. The summed E-state index contributed by atoms with van der Waals surface area (Å²) < 4.78 is 0. The highest BCUT2D eigenvalue weighted by molar-refractivity contribution is 5.81. The number of carbonyl (C=O) groups excluding carboxylic acids is 1. The highest BCUT2D eigenvalue weighted by Gasteiger charge is 2.71. The predicted octanol–water partition coefficient (Wildman–Crippen LogP) is 10.5. The van der Waals surface area contributed by atoms with Crippen LogP contribution >= 0.6 is 0 Å².